The molecule has 0 heterocycles. The Kier molecular flexibility index (Phi) is 7.68. The molecule has 0 atom stereocenters. The van der Waals surface area contributed by atoms with Gasteiger partial charge in [-0.25, -0.2) is 5.43 Å². The summed E-state index contributed by atoms with van der Waals surface area (Å²) in [5.41, 5.74) is 3.73. The first-order valence-electron chi connectivity index (χ1n) is 6.89. The second-order valence-corrected chi connectivity index (χ2v) is 5.54. The lowest BCUT2D eigenvalue weighted by Crippen LogP contribution is -2.21. The average Bonchev–Trinajstić information content (AvgIpc) is 2.45. The topological polar surface area (TPSA) is 70.6 Å². The minimum absolute atomic E-state index is 0.123. The average molecular weight is 354 g/mol. The summed E-state index contributed by atoms with van der Waals surface area (Å²) >= 11 is 3.36. The Morgan fingerprint density at radius 1 is 1.24 bits per heavy atom. The van der Waals surface area contributed by atoms with Crippen molar-refractivity contribution in [1.82, 2.24) is 5.43 Å². The van der Waals surface area contributed by atoms with Crippen LogP contribution in [0.2, 0.25) is 0 Å². The molecule has 0 unspecified atom stereocenters. The maximum atomic E-state index is 11.9. The van der Waals surface area contributed by atoms with Crippen LogP contribution >= 0.6 is 15.9 Å². The second kappa shape index (κ2) is 9.28. The highest BCUT2D eigenvalue weighted by Gasteiger charge is 2.07. The lowest BCUT2D eigenvalue weighted by atomic mass is 10.2. The maximum Gasteiger partial charge on any atom is 0.240 e. The number of nitrogens with zero attached hydrogens (tertiary/aromatic N) is 1. The molecule has 0 bridgehead atoms. The predicted molar refractivity (Wildman–Crippen MR) is 88.2 cm³/mol. The van der Waals surface area contributed by atoms with Gasteiger partial charge < -0.3 is 5.32 Å². The number of halogens is 1. The van der Waals surface area contributed by atoms with Gasteiger partial charge in [0, 0.05) is 16.6 Å². The van der Waals surface area contributed by atoms with Gasteiger partial charge in [0.15, 0.2) is 0 Å². The number of benzene rings is 1. The smallest absolute Gasteiger partial charge is 0.240 e. The zero-order valence-electron chi connectivity index (χ0n) is 12.3. The highest BCUT2D eigenvalue weighted by atomic mass is 79.9. The first kappa shape index (κ1) is 17.4. The van der Waals surface area contributed by atoms with Gasteiger partial charge in [-0.3, -0.25) is 9.59 Å². The van der Waals surface area contributed by atoms with E-state index in [1.807, 2.05) is 25.1 Å². The highest BCUT2D eigenvalue weighted by molar-refractivity contribution is 9.10. The lowest BCUT2D eigenvalue weighted by molar-refractivity contribution is -0.121. The molecule has 114 valence electrons. The first-order valence-corrected chi connectivity index (χ1v) is 7.68. The first-order chi connectivity index (χ1) is 10.0. The quantitative estimate of drug-likeness (QED) is 0.582. The van der Waals surface area contributed by atoms with Crippen molar-refractivity contribution in [3.63, 3.8) is 0 Å². The van der Waals surface area contributed by atoms with Crippen molar-refractivity contribution in [1.29, 1.82) is 0 Å². The molecule has 21 heavy (non-hydrogen) atoms. The molecular weight excluding hydrogens is 334 g/mol. The zero-order chi connectivity index (χ0) is 15.7. The van der Waals surface area contributed by atoms with Gasteiger partial charge in [0.2, 0.25) is 11.8 Å². The van der Waals surface area contributed by atoms with Crippen molar-refractivity contribution in [2.24, 2.45) is 5.10 Å². The van der Waals surface area contributed by atoms with E-state index in [1.54, 1.807) is 13.0 Å². The lowest BCUT2D eigenvalue weighted by Gasteiger charge is -2.07. The van der Waals surface area contributed by atoms with Gasteiger partial charge in [-0.2, -0.15) is 5.10 Å². The number of anilines is 1. The number of hydrogen-bond acceptors (Lipinski definition) is 3. The van der Waals surface area contributed by atoms with Crippen molar-refractivity contribution in [2.45, 2.75) is 39.5 Å². The van der Waals surface area contributed by atoms with Crippen LogP contribution in [0.15, 0.2) is 33.8 Å². The van der Waals surface area contributed by atoms with Gasteiger partial charge in [0.1, 0.15) is 0 Å². The normalized spacial score (nSPS) is 11.1. The van der Waals surface area contributed by atoms with Crippen LogP contribution in [-0.2, 0) is 9.59 Å². The van der Waals surface area contributed by atoms with Crippen molar-refractivity contribution < 1.29 is 9.59 Å². The molecular formula is C15H20BrN3O2. The third-order valence-corrected chi connectivity index (χ3v) is 3.38. The summed E-state index contributed by atoms with van der Waals surface area (Å²) in [5.74, 6) is -0.298. The molecule has 2 N–H and O–H groups in total. The molecule has 0 aliphatic heterocycles. The van der Waals surface area contributed by atoms with Crippen LogP contribution in [0.4, 0.5) is 5.69 Å². The fourth-order valence-electron chi connectivity index (χ4n) is 1.58. The van der Waals surface area contributed by atoms with Crippen LogP contribution in [0, 0.1) is 0 Å². The van der Waals surface area contributed by atoms with Crippen LogP contribution in [0.25, 0.3) is 0 Å². The van der Waals surface area contributed by atoms with Crippen LogP contribution < -0.4 is 10.7 Å². The van der Waals surface area contributed by atoms with E-state index in [-0.39, 0.29) is 18.2 Å². The largest absolute Gasteiger partial charge is 0.325 e. The Bertz CT molecular complexity index is 529. The minimum atomic E-state index is -0.175. The molecule has 5 nitrogen and oxygen atoms in total. The van der Waals surface area contributed by atoms with Crippen molar-refractivity contribution >= 4 is 39.1 Å². The number of amides is 2. The minimum Gasteiger partial charge on any atom is -0.325 e. The van der Waals surface area contributed by atoms with Crippen LogP contribution in [0.5, 0.6) is 0 Å². The summed E-state index contributed by atoms with van der Waals surface area (Å²) in [5, 5.41) is 6.71. The van der Waals surface area contributed by atoms with Gasteiger partial charge in [-0.1, -0.05) is 25.5 Å². The summed E-state index contributed by atoms with van der Waals surface area (Å²) in [6.07, 6.45) is 2.39. The standard InChI is InChI=1S/C15H20BrN3O2/c1-3-4-9-14(20)19-18-11(2)10-15(21)17-13-8-6-5-7-12(13)16/h5-8H,3-4,9-10H2,1-2H3,(H,17,21)(H,19,20). The highest BCUT2D eigenvalue weighted by Crippen LogP contribution is 2.21. The summed E-state index contributed by atoms with van der Waals surface area (Å²) in [6, 6.07) is 7.37. The number of hydrazone groups is 1. The molecule has 0 aliphatic carbocycles. The molecule has 0 radical (unpaired) electrons. The summed E-state index contributed by atoms with van der Waals surface area (Å²) < 4.78 is 0.820. The third kappa shape index (κ3) is 7.04. The Hall–Kier alpha value is -1.69. The van der Waals surface area contributed by atoms with Crippen molar-refractivity contribution in [2.75, 3.05) is 5.32 Å². The molecule has 0 aliphatic rings. The van der Waals surface area contributed by atoms with E-state index in [4.69, 9.17) is 0 Å². The Balaban J connectivity index is 2.43. The Morgan fingerprint density at radius 3 is 2.62 bits per heavy atom. The Morgan fingerprint density at radius 2 is 1.95 bits per heavy atom. The van der Waals surface area contributed by atoms with E-state index in [0.717, 1.165) is 17.3 Å². The molecule has 0 spiro atoms. The van der Waals surface area contributed by atoms with E-state index in [1.165, 1.54) is 0 Å². The van der Waals surface area contributed by atoms with E-state index in [0.29, 0.717) is 17.8 Å². The van der Waals surface area contributed by atoms with Gasteiger partial charge in [0.25, 0.3) is 0 Å². The van der Waals surface area contributed by atoms with E-state index < -0.39 is 0 Å². The van der Waals surface area contributed by atoms with Gasteiger partial charge >= 0.3 is 0 Å². The van der Waals surface area contributed by atoms with Gasteiger partial charge in [0.05, 0.1) is 12.1 Å². The van der Waals surface area contributed by atoms with E-state index >= 15 is 0 Å². The number of carbonyl (C=O) groups excluding carboxylic acids is 2. The van der Waals surface area contributed by atoms with E-state index in [2.05, 4.69) is 31.8 Å². The SMILES string of the molecule is CCCCC(=O)NN=C(C)CC(=O)Nc1ccccc1Br. The molecule has 0 aromatic heterocycles. The number of nitrogens with one attached hydrogen (secondary N) is 2. The fraction of sp³-hybridized carbons (Fsp3) is 0.400. The monoisotopic (exact) mass is 353 g/mol. The van der Waals surface area contributed by atoms with Gasteiger partial charge in [-0.15, -0.1) is 0 Å². The number of hydrogen-bond donors (Lipinski definition) is 2. The van der Waals surface area contributed by atoms with Crippen molar-refractivity contribution in [3.8, 4) is 0 Å². The fourth-order valence-corrected chi connectivity index (χ4v) is 1.96. The Labute approximate surface area is 133 Å². The molecule has 1 aromatic rings. The van der Waals surface area contributed by atoms with Gasteiger partial charge in [-0.05, 0) is 41.4 Å². The molecule has 0 saturated heterocycles. The molecule has 0 saturated carbocycles. The molecule has 2 amide bonds. The molecule has 6 heteroatoms. The van der Waals surface area contributed by atoms with E-state index in [9.17, 15) is 9.59 Å². The summed E-state index contributed by atoms with van der Waals surface area (Å²) in [6.45, 7) is 3.73. The zero-order valence-corrected chi connectivity index (χ0v) is 13.9. The third-order valence-electron chi connectivity index (χ3n) is 2.69. The summed E-state index contributed by atoms with van der Waals surface area (Å²) in [4.78, 5) is 23.3. The van der Waals surface area contributed by atoms with Crippen LogP contribution in [0.3, 0.4) is 0 Å². The number of rotatable bonds is 7. The maximum absolute atomic E-state index is 11.9. The van der Waals surface area contributed by atoms with Crippen molar-refractivity contribution in [3.05, 3.63) is 28.7 Å². The number of unbranched alkanes of at least 4 members (excludes halogenated alkanes) is 1. The van der Waals surface area contributed by atoms with Crippen LogP contribution in [0.1, 0.15) is 39.5 Å². The van der Waals surface area contributed by atoms with Crippen LogP contribution in [-0.4, -0.2) is 17.5 Å². The number of para-hydroxylation sites is 1. The predicted octanol–water partition coefficient (Wildman–Crippen LogP) is 3.46. The molecule has 1 aromatic carbocycles. The molecule has 1 rings (SSSR count). The molecule has 0 fully saturated rings. The summed E-state index contributed by atoms with van der Waals surface area (Å²) in [7, 11) is 0. The number of carbonyl (C=O) groups is 2. The second-order valence-electron chi connectivity index (χ2n) is 4.69.